The number of aliphatic carboxylic acids is 1. The van der Waals surface area contributed by atoms with E-state index in [1.807, 2.05) is 0 Å². The molecule has 3 nitrogen and oxygen atoms in total. The molecule has 5 heteroatoms. The number of hydrogen-bond donors (Lipinski definition) is 2. The van der Waals surface area contributed by atoms with Crippen molar-refractivity contribution in [1.82, 2.24) is 5.32 Å². The van der Waals surface area contributed by atoms with Crippen LogP contribution in [0.25, 0.3) is 0 Å². The van der Waals surface area contributed by atoms with Crippen molar-refractivity contribution < 1.29 is 9.90 Å². The van der Waals surface area contributed by atoms with Gasteiger partial charge in [-0.1, -0.05) is 33.6 Å². The lowest BCUT2D eigenvalue weighted by Crippen LogP contribution is -2.25. The van der Waals surface area contributed by atoms with E-state index in [4.69, 9.17) is 16.7 Å². The maximum absolute atomic E-state index is 10.9. The lowest BCUT2D eigenvalue weighted by atomic mass is 10.1. The summed E-state index contributed by atoms with van der Waals surface area (Å²) in [5.74, 6) is -0.921. The van der Waals surface area contributed by atoms with Gasteiger partial charge >= 0.3 is 5.97 Å². The van der Waals surface area contributed by atoms with Gasteiger partial charge in [0.2, 0.25) is 0 Å². The van der Waals surface area contributed by atoms with Gasteiger partial charge in [0.25, 0.3) is 0 Å². The van der Waals surface area contributed by atoms with Crippen LogP contribution in [0.2, 0.25) is 5.02 Å². The molecule has 1 aromatic carbocycles. The summed E-state index contributed by atoms with van der Waals surface area (Å²) in [5, 5.41) is 12.2. The van der Waals surface area contributed by atoms with E-state index >= 15 is 0 Å². The van der Waals surface area contributed by atoms with Gasteiger partial charge in [-0.25, -0.2) is 0 Å². The number of carboxylic acids is 1. The van der Waals surface area contributed by atoms with Crippen LogP contribution in [0.1, 0.15) is 11.6 Å². The first kappa shape index (κ1) is 11.5. The Balaban J connectivity index is 3.10. The molecule has 0 aromatic heterocycles. The SMILES string of the molecule is CNC(C(=O)O)c1ccc(Cl)cc1Br. The molecule has 0 aliphatic carbocycles. The highest BCUT2D eigenvalue weighted by Gasteiger charge is 2.19. The van der Waals surface area contributed by atoms with Gasteiger partial charge in [0.05, 0.1) is 0 Å². The molecule has 0 aliphatic rings. The van der Waals surface area contributed by atoms with Gasteiger partial charge in [0.1, 0.15) is 6.04 Å². The van der Waals surface area contributed by atoms with Crippen molar-refractivity contribution in [2.45, 2.75) is 6.04 Å². The van der Waals surface area contributed by atoms with Crippen molar-refractivity contribution in [3.63, 3.8) is 0 Å². The average Bonchev–Trinajstić information content (AvgIpc) is 2.09. The summed E-state index contributed by atoms with van der Waals surface area (Å²) in [6.45, 7) is 0. The number of carbonyl (C=O) groups is 1. The Morgan fingerprint density at radius 1 is 1.64 bits per heavy atom. The zero-order valence-electron chi connectivity index (χ0n) is 7.42. The Morgan fingerprint density at radius 3 is 2.71 bits per heavy atom. The molecule has 1 aromatic rings. The summed E-state index contributed by atoms with van der Waals surface area (Å²) >= 11 is 9.02. The minimum absolute atomic E-state index is 0.570. The molecule has 76 valence electrons. The van der Waals surface area contributed by atoms with E-state index in [0.717, 1.165) is 0 Å². The first-order valence-corrected chi connectivity index (χ1v) is 5.08. The fourth-order valence-electron chi connectivity index (χ4n) is 1.15. The van der Waals surface area contributed by atoms with Gasteiger partial charge in [-0.2, -0.15) is 0 Å². The van der Waals surface area contributed by atoms with Gasteiger partial charge in [-0.15, -0.1) is 0 Å². The van der Waals surface area contributed by atoms with E-state index in [-0.39, 0.29) is 0 Å². The molecule has 14 heavy (non-hydrogen) atoms. The molecule has 0 bridgehead atoms. The third-order valence-corrected chi connectivity index (χ3v) is 2.73. The molecule has 1 unspecified atom stereocenters. The van der Waals surface area contributed by atoms with Crippen LogP contribution in [0, 0.1) is 0 Å². The van der Waals surface area contributed by atoms with Crippen molar-refractivity contribution >= 4 is 33.5 Å². The van der Waals surface area contributed by atoms with Crippen LogP contribution in [0.4, 0.5) is 0 Å². The van der Waals surface area contributed by atoms with E-state index in [1.54, 1.807) is 25.2 Å². The number of nitrogens with one attached hydrogen (secondary N) is 1. The predicted molar refractivity (Wildman–Crippen MR) is 58.6 cm³/mol. The number of carboxylic acid groups (broad SMARTS) is 1. The highest BCUT2D eigenvalue weighted by molar-refractivity contribution is 9.10. The van der Waals surface area contributed by atoms with E-state index in [1.165, 1.54) is 0 Å². The van der Waals surface area contributed by atoms with Crippen molar-refractivity contribution in [2.75, 3.05) is 7.05 Å². The molecule has 2 N–H and O–H groups in total. The molecule has 0 saturated carbocycles. The van der Waals surface area contributed by atoms with Crippen molar-refractivity contribution in [3.05, 3.63) is 33.3 Å². The first-order chi connectivity index (χ1) is 6.56. The molecule has 0 radical (unpaired) electrons. The van der Waals surface area contributed by atoms with Gasteiger partial charge in [0.15, 0.2) is 0 Å². The molecule has 0 amide bonds. The maximum atomic E-state index is 10.9. The zero-order chi connectivity index (χ0) is 10.7. The predicted octanol–water partition coefficient (Wildman–Crippen LogP) is 2.45. The van der Waals surface area contributed by atoms with Gasteiger partial charge in [-0.3, -0.25) is 4.79 Å². The van der Waals surface area contributed by atoms with E-state index in [9.17, 15) is 4.79 Å². The molecular formula is C9H9BrClNO2. The molecule has 0 fully saturated rings. The van der Waals surface area contributed by atoms with Gasteiger partial charge in [-0.05, 0) is 24.7 Å². The highest BCUT2D eigenvalue weighted by atomic mass is 79.9. The fraction of sp³-hybridized carbons (Fsp3) is 0.222. The van der Waals surface area contributed by atoms with Crippen LogP contribution in [-0.2, 0) is 4.79 Å². The monoisotopic (exact) mass is 277 g/mol. The zero-order valence-corrected chi connectivity index (χ0v) is 9.76. The van der Waals surface area contributed by atoms with Crippen LogP contribution >= 0.6 is 27.5 Å². The second kappa shape index (κ2) is 4.77. The second-order valence-electron chi connectivity index (χ2n) is 2.73. The molecular weight excluding hydrogens is 269 g/mol. The number of hydrogen-bond acceptors (Lipinski definition) is 2. The number of likely N-dealkylation sites (N-methyl/N-ethyl adjacent to an activating group) is 1. The quantitative estimate of drug-likeness (QED) is 0.893. The minimum atomic E-state index is -0.921. The summed E-state index contributed by atoms with van der Waals surface area (Å²) in [5.41, 5.74) is 0.657. The Morgan fingerprint density at radius 2 is 2.29 bits per heavy atom. The standard InChI is InChI=1S/C9H9BrClNO2/c1-12-8(9(13)14)6-3-2-5(11)4-7(6)10/h2-4,8,12H,1H3,(H,13,14). The molecule has 0 heterocycles. The number of benzene rings is 1. The summed E-state index contributed by atoms with van der Waals surface area (Å²) in [6, 6.07) is 4.29. The van der Waals surface area contributed by atoms with Crippen molar-refractivity contribution in [1.29, 1.82) is 0 Å². The maximum Gasteiger partial charge on any atom is 0.325 e. The third kappa shape index (κ3) is 2.47. The summed E-state index contributed by atoms with van der Waals surface area (Å²) in [4.78, 5) is 10.9. The average molecular weight is 279 g/mol. The fourth-order valence-corrected chi connectivity index (χ4v) is 2.06. The lowest BCUT2D eigenvalue weighted by molar-refractivity contribution is -0.139. The first-order valence-electron chi connectivity index (χ1n) is 3.91. The van der Waals surface area contributed by atoms with Gasteiger partial charge < -0.3 is 10.4 Å². The Kier molecular flexibility index (Phi) is 3.92. The van der Waals surface area contributed by atoms with E-state index < -0.39 is 12.0 Å². The third-order valence-electron chi connectivity index (χ3n) is 1.81. The van der Waals surface area contributed by atoms with Crippen LogP contribution in [0.5, 0.6) is 0 Å². The summed E-state index contributed by atoms with van der Waals surface area (Å²) in [7, 11) is 1.60. The van der Waals surface area contributed by atoms with E-state index in [2.05, 4.69) is 21.2 Å². The number of halogens is 2. The second-order valence-corrected chi connectivity index (χ2v) is 4.02. The Bertz CT molecular complexity index is 357. The Hall–Kier alpha value is -0.580. The van der Waals surface area contributed by atoms with E-state index in [0.29, 0.717) is 15.1 Å². The number of rotatable bonds is 3. The largest absolute Gasteiger partial charge is 0.480 e. The van der Waals surface area contributed by atoms with Crippen LogP contribution in [0.3, 0.4) is 0 Å². The molecule has 0 saturated heterocycles. The Labute approximate surface area is 95.2 Å². The summed E-state index contributed by atoms with van der Waals surface area (Å²) < 4.78 is 0.687. The molecule has 0 aliphatic heterocycles. The van der Waals surface area contributed by atoms with Crippen molar-refractivity contribution in [3.8, 4) is 0 Å². The normalized spacial score (nSPS) is 12.5. The van der Waals surface area contributed by atoms with Crippen molar-refractivity contribution in [2.24, 2.45) is 0 Å². The molecule has 1 rings (SSSR count). The van der Waals surface area contributed by atoms with Crippen LogP contribution in [0.15, 0.2) is 22.7 Å². The highest BCUT2D eigenvalue weighted by Crippen LogP contribution is 2.26. The van der Waals surface area contributed by atoms with Crippen LogP contribution < -0.4 is 5.32 Å². The summed E-state index contributed by atoms with van der Waals surface area (Å²) in [6.07, 6.45) is 0. The lowest BCUT2D eigenvalue weighted by Gasteiger charge is -2.13. The minimum Gasteiger partial charge on any atom is -0.480 e. The molecule has 0 spiro atoms. The van der Waals surface area contributed by atoms with Crippen LogP contribution in [-0.4, -0.2) is 18.1 Å². The topological polar surface area (TPSA) is 49.3 Å². The smallest absolute Gasteiger partial charge is 0.325 e. The molecule has 1 atom stereocenters. The van der Waals surface area contributed by atoms with Gasteiger partial charge in [0, 0.05) is 9.50 Å².